The van der Waals surface area contributed by atoms with Crippen molar-refractivity contribution in [3.63, 3.8) is 0 Å². The van der Waals surface area contributed by atoms with Crippen molar-refractivity contribution >= 4 is 22.5 Å². The first-order chi connectivity index (χ1) is 18.8. The standard InChI is InChI=1S/C31H39N5O3/c1-21-9-8-10-22-15-23(37)16-24(27(21)22)29(38)36-17-25-26(18-36)32-30(39-20-31(11-12-31)19-34(2)3)33-28(25)35-13-6-4-5-7-14-35/h8-10,15-16,37H,4-7,11-14,17-20H2,1-3H3. The van der Waals surface area contributed by atoms with E-state index in [4.69, 9.17) is 14.7 Å². The van der Waals surface area contributed by atoms with Crippen molar-refractivity contribution < 1.29 is 14.6 Å². The van der Waals surface area contributed by atoms with E-state index in [-0.39, 0.29) is 17.1 Å². The lowest BCUT2D eigenvalue weighted by molar-refractivity contribution is 0.0752. The van der Waals surface area contributed by atoms with Gasteiger partial charge in [0.15, 0.2) is 0 Å². The summed E-state index contributed by atoms with van der Waals surface area (Å²) < 4.78 is 6.28. The first-order valence-electron chi connectivity index (χ1n) is 14.3. The second-order valence-electron chi connectivity index (χ2n) is 12.0. The van der Waals surface area contributed by atoms with E-state index in [9.17, 15) is 9.90 Å². The number of benzene rings is 2. The molecule has 39 heavy (non-hydrogen) atoms. The minimum absolute atomic E-state index is 0.0978. The summed E-state index contributed by atoms with van der Waals surface area (Å²) in [5.41, 5.74) is 3.61. The molecule has 2 fully saturated rings. The number of carbonyl (C=O) groups excluding carboxylic acids is 1. The van der Waals surface area contributed by atoms with Crippen LogP contribution in [0.2, 0.25) is 0 Å². The summed E-state index contributed by atoms with van der Waals surface area (Å²) in [4.78, 5) is 30.2. The summed E-state index contributed by atoms with van der Waals surface area (Å²) in [5, 5.41) is 12.2. The largest absolute Gasteiger partial charge is 0.508 e. The Morgan fingerprint density at radius 2 is 1.85 bits per heavy atom. The van der Waals surface area contributed by atoms with Crippen LogP contribution in [0.4, 0.5) is 5.82 Å². The molecule has 1 N–H and O–H groups in total. The zero-order chi connectivity index (χ0) is 27.1. The second-order valence-corrected chi connectivity index (χ2v) is 12.0. The topological polar surface area (TPSA) is 82.0 Å². The van der Waals surface area contributed by atoms with Crippen LogP contribution in [0.3, 0.4) is 0 Å². The number of aromatic nitrogens is 2. The Bertz CT molecular complexity index is 1390. The second kappa shape index (κ2) is 10.3. The Balaban J connectivity index is 1.31. The third-order valence-corrected chi connectivity index (χ3v) is 8.45. The van der Waals surface area contributed by atoms with Gasteiger partial charge in [0.05, 0.1) is 31.0 Å². The van der Waals surface area contributed by atoms with Crippen LogP contribution in [0.15, 0.2) is 30.3 Å². The molecule has 206 valence electrons. The van der Waals surface area contributed by atoms with Crippen LogP contribution in [0, 0.1) is 12.3 Å². The highest BCUT2D eigenvalue weighted by molar-refractivity contribution is 6.09. The maximum Gasteiger partial charge on any atom is 0.318 e. The molecule has 2 aliphatic heterocycles. The lowest BCUT2D eigenvalue weighted by atomic mass is 9.98. The number of phenolic OH excluding ortho intramolecular Hbond substituents is 1. The van der Waals surface area contributed by atoms with Crippen LogP contribution in [-0.2, 0) is 13.1 Å². The summed E-state index contributed by atoms with van der Waals surface area (Å²) in [6, 6.07) is 9.62. The molecule has 0 radical (unpaired) electrons. The zero-order valence-electron chi connectivity index (χ0n) is 23.4. The van der Waals surface area contributed by atoms with Gasteiger partial charge in [-0.1, -0.05) is 31.0 Å². The van der Waals surface area contributed by atoms with Gasteiger partial charge in [0, 0.05) is 30.6 Å². The highest BCUT2D eigenvalue weighted by atomic mass is 16.5. The molecule has 1 saturated carbocycles. The third-order valence-electron chi connectivity index (χ3n) is 8.45. The Labute approximate surface area is 230 Å². The molecule has 0 atom stereocenters. The Morgan fingerprint density at radius 3 is 2.56 bits per heavy atom. The number of carbonyl (C=O) groups is 1. The number of nitrogens with zero attached hydrogens (tertiary/aromatic N) is 5. The van der Waals surface area contributed by atoms with Gasteiger partial charge >= 0.3 is 6.01 Å². The van der Waals surface area contributed by atoms with E-state index in [1.165, 1.54) is 12.8 Å². The third kappa shape index (κ3) is 5.26. The van der Waals surface area contributed by atoms with Gasteiger partial charge in [0.1, 0.15) is 11.6 Å². The predicted molar refractivity (Wildman–Crippen MR) is 152 cm³/mol. The van der Waals surface area contributed by atoms with Gasteiger partial charge in [0.2, 0.25) is 0 Å². The summed E-state index contributed by atoms with van der Waals surface area (Å²) in [6.07, 6.45) is 7.06. The van der Waals surface area contributed by atoms with Crippen molar-refractivity contribution in [2.75, 3.05) is 45.2 Å². The minimum Gasteiger partial charge on any atom is -0.508 e. The predicted octanol–water partition coefficient (Wildman–Crippen LogP) is 4.90. The summed E-state index contributed by atoms with van der Waals surface area (Å²) >= 11 is 0. The molecule has 1 amide bonds. The number of aryl methyl sites for hydroxylation is 1. The number of fused-ring (bicyclic) bond motifs is 2. The molecule has 0 spiro atoms. The molecular weight excluding hydrogens is 490 g/mol. The average Bonchev–Trinajstić information content (AvgIpc) is 3.60. The maximum absolute atomic E-state index is 13.9. The Hall–Kier alpha value is -3.39. The molecule has 0 bridgehead atoms. The average molecular weight is 530 g/mol. The van der Waals surface area contributed by atoms with E-state index in [0.717, 1.165) is 78.7 Å². The SMILES string of the molecule is Cc1cccc2cc(O)cc(C(=O)N3Cc4nc(OCC5(CN(C)C)CC5)nc(N5CCCCCC5)c4C3)c12. The molecule has 6 rings (SSSR count). The molecule has 8 nitrogen and oxygen atoms in total. The molecule has 3 heterocycles. The van der Waals surface area contributed by atoms with Gasteiger partial charge in [-0.3, -0.25) is 4.79 Å². The highest BCUT2D eigenvalue weighted by Gasteiger charge is 2.44. The molecule has 8 heteroatoms. The van der Waals surface area contributed by atoms with Crippen LogP contribution in [-0.4, -0.2) is 71.1 Å². The quantitative estimate of drug-likeness (QED) is 0.466. The number of hydrogen-bond donors (Lipinski definition) is 1. The smallest absolute Gasteiger partial charge is 0.318 e. The molecule has 3 aromatic rings. The van der Waals surface area contributed by atoms with E-state index in [2.05, 4.69) is 23.9 Å². The van der Waals surface area contributed by atoms with Crippen molar-refractivity contribution in [3.8, 4) is 11.8 Å². The summed E-state index contributed by atoms with van der Waals surface area (Å²) in [7, 11) is 4.21. The fourth-order valence-electron chi connectivity index (χ4n) is 6.32. The van der Waals surface area contributed by atoms with Crippen molar-refractivity contribution in [2.24, 2.45) is 5.41 Å². The Kier molecular flexibility index (Phi) is 6.83. The van der Waals surface area contributed by atoms with E-state index >= 15 is 0 Å². The highest BCUT2D eigenvalue weighted by Crippen LogP contribution is 2.46. The van der Waals surface area contributed by atoms with E-state index in [1.807, 2.05) is 30.0 Å². The van der Waals surface area contributed by atoms with Gasteiger partial charge in [0.25, 0.3) is 5.91 Å². The van der Waals surface area contributed by atoms with Crippen molar-refractivity contribution in [1.82, 2.24) is 19.8 Å². The molecule has 1 aliphatic carbocycles. The number of amides is 1. The van der Waals surface area contributed by atoms with Gasteiger partial charge in [-0.05, 0) is 75.2 Å². The van der Waals surface area contributed by atoms with Crippen molar-refractivity contribution in [3.05, 3.63) is 52.7 Å². The first-order valence-corrected chi connectivity index (χ1v) is 14.3. The summed E-state index contributed by atoms with van der Waals surface area (Å²) in [6.45, 7) is 6.38. The van der Waals surface area contributed by atoms with Gasteiger partial charge in [-0.25, -0.2) is 0 Å². The normalized spacial score (nSPS) is 18.4. The fourth-order valence-corrected chi connectivity index (χ4v) is 6.32. The van der Waals surface area contributed by atoms with E-state index < -0.39 is 0 Å². The van der Waals surface area contributed by atoms with E-state index in [0.29, 0.717) is 31.3 Å². The van der Waals surface area contributed by atoms with Crippen molar-refractivity contribution in [1.29, 1.82) is 0 Å². The molecule has 1 aromatic heterocycles. The minimum atomic E-state index is -0.101. The van der Waals surface area contributed by atoms with Crippen LogP contribution < -0.4 is 9.64 Å². The van der Waals surface area contributed by atoms with Gasteiger partial charge in [-0.15, -0.1) is 0 Å². The first kappa shape index (κ1) is 25.9. The van der Waals surface area contributed by atoms with Gasteiger partial charge in [-0.2, -0.15) is 9.97 Å². The van der Waals surface area contributed by atoms with Crippen molar-refractivity contribution in [2.45, 2.75) is 58.5 Å². The molecule has 0 unspecified atom stereocenters. The molecule has 3 aliphatic rings. The van der Waals surface area contributed by atoms with Crippen LogP contribution in [0.25, 0.3) is 10.8 Å². The molecule has 1 saturated heterocycles. The monoisotopic (exact) mass is 529 g/mol. The summed E-state index contributed by atoms with van der Waals surface area (Å²) in [5.74, 6) is 0.914. The molecule has 2 aromatic carbocycles. The number of ether oxygens (including phenoxy) is 1. The zero-order valence-corrected chi connectivity index (χ0v) is 23.4. The fraction of sp³-hybridized carbons (Fsp3) is 0.516. The Morgan fingerprint density at radius 1 is 1.08 bits per heavy atom. The lowest BCUT2D eigenvalue weighted by Gasteiger charge is -2.25. The number of phenols is 1. The van der Waals surface area contributed by atoms with Gasteiger partial charge < -0.3 is 24.5 Å². The van der Waals surface area contributed by atoms with E-state index in [1.54, 1.807) is 12.1 Å². The molecular formula is C31H39N5O3. The maximum atomic E-state index is 13.9. The number of rotatable bonds is 7. The number of aromatic hydroxyl groups is 1. The van der Waals surface area contributed by atoms with Crippen LogP contribution >= 0.6 is 0 Å². The lowest BCUT2D eigenvalue weighted by Crippen LogP contribution is -2.29. The number of anilines is 1. The van der Waals surface area contributed by atoms with Crippen LogP contribution in [0.1, 0.15) is 65.7 Å². The number of hydrogen-bond acceptors (Lipinski definition) is 7. The van der Waals surface area contributed by atoms with Crippen LogP contribution in [0.5, 0.6) is 11.8 Å².